The number of hydrogen-bond acceptors (Lipinski definition) is 2. The molecule has 2 aromatic rings. The Bertz CT molecular complexity index is 525. The van der Waals surface area contributed by atoms with E-state index in [1.807, 2.05) is 12.3 Å². The van der Waals surface area contributed by atoms with Crippen LogP contribution < -0.4 is 5.32 Å². The molecule has 1 aromatic heterocycles. The van der Waals surface area contributed by atoms with Gasteiger partial charge in [0.05, 0.1) is 15.5 Å². The lowest BCUT2D eigenvalue weighted by molar-refractivity contribution is 0.616. The summed E-state index contributed by atoms with van der Waals surface area (Å²) in [5, 5.41) is 7.45. The second kappa shape index (κ2) is 6.29. The molecule has 0 bridgehead atoms. The maximum absolute atomic E-state index is 13.6. The smallest absolute Gasteiger partial charge is 0.125 e. The Kier molecular flexibility index (Phi) is 4.71. The summed E-state index contributed by atoms with van der Waals surface area (Å²) in [6.45, 7) is 3.72. The third-order valence-electron chi connectivity index (χ3n) is 2.51. The van der Waals surface area contributed by atoms with Gasteiger partial charge in [-0.1, -0.05) is 6.92 Å². The summed E-state index contributed by atoms with van der Waals surface area (Å²) >= 11 is 2.18. The molecule has 0 fully saturated rings. The standard InChI is InChI=1S/C13H15FIN3/c1-2-3-16-7-10-4-11(14)6-13(5-10)18-9-12(15)8-17-18/h4-6,8-9,16H,2-3,7H2,1H3. The van der Waals surface area contributed by atoms with Crippen molar-refractivity contribution < 1.29 is 4.39 Å². The zero-order valence-corrected chi connectivity index (χ0v) is 12.3. The lowest BCUT2D eigenvalue weighted by atomic mass is 10.2. The topological polar surface area (TPSA) is 29.9 Å². The maximum Gasteiger partial charge on any atom is 0.125 e. The Labute approximate surface area is 120 Å². The summed E-state index contributed by atoms with van der Waals surface area (Å²) in [4.78, 5) is 0. The second-order valence-corrected chi connectivity index (χ2v) is 5.34. The lowest BCUT2D eigenvalue weighted by Gasteiger charge is -2.07. The number of nitrogens with one attached hydrogen (secondary N) is 1. The van der Waals surface area contributed by atoms with Gasteiger partial charge in [0.1, 0.15) is 5.82 Å². The predicted octanol–water partition coefficient (Wildman–Crippen LogP) is 3.12. The maximum atomic E-state index is 13.6. The number of rotatable bonds is 5. The van der Waals surface area contributed by atoms with Gasteiger partial charge in [0.25, 0.3) is 0 Å². The average Bonchev–Trinajstić information content (AvgIpc) is 2.76. The molecule has 1 heterocycles. The molecule has 0 amide bonds. The highest BCUT2D eigenvalue weighted by Crippen LogP contribution is 2.14. The first-order valence-corrected chi connectivity index (χ1v) is 6.97. The van der Waals surface area contributed by atoms with Gasteiger partial charge in [-0.15, -0.1) is 0 Å². The summed E-state index contributed by atoms with van der Waals surface area (Å²) in [6, 6.07) is 5.00. The molecule has 3 nitrogen and oxygen atoms in total. The minimum atomic E-state index is -0.230. The SMILES string of the molecule is CCCNCc1cc(F)cc(-n2cc(I)cn2)c1. The molecule has 0 saturated carbocycles. The fourth-order valence-electron chi connectivity index (χ4n) is 1.72. The average molecular weight is 359 g/mol. The molecule has 0 aliphatic heterocycles. The fraction of sp³-hybridized carbons (Fsp3) is 0.308. The molecular weight excluding hydrogens is 344 g/mol. The number of aromatic nitrogens is 2. The number of nitrogens with zero attached hydrogens (tertiary/aromatic N) is 2. The Morgan fingerprint density at radius 3 is 2.89 bits per heavy atom. The molecule has 96 valence electrons. The molecule has 0 radical (unpaired) electrons. The van der Waals surface area contributed by atoms with Crippen molar-refractivity contribution in [3.63, 3.8) is 0 Å². The first kappa shape index (κ1) is 13.5. The van der Waals surface area contributed by atoms with Gasteiger partial charge in [0, 0.05) is 12.7 Å². The van der Waals surface area contributed by atoms with Gasteiger partial charge in [-0.05, 0) is 59.3 Å². The van der Waals surface area contributed by atoms with Crippen LogP contribution in [-0.4, -0.2) is 16.3 Å². The summed E-state index contributed by atoms with van der Waals surface area (Å²) in [6.07, 6.45) is 4.69. The van der Waals surface area contributed by atoms with E-state index in [0.29, 0.717) is 6.54 Å². The first-order valence-electron chi connectivity index (χ1n) is 5.90. The van der Waals surface area contributed by atoms with Crippen LogP contribution in [0.5, 0.6) is 0 Å². The van der Waals surface area contributed by atoms with E-state index in [0.717, 1.165) is 27.8 Å². The van der Waals surface area contributed by atoms with E-state index in [2.05, 4.69) is 39.9 Å². The van der Waals surface area contributed by atoms with Crippen molar-refractivity contribution in [2.75, 3.05) is 6.54 Å². The Morgan fingerprint density at radius 2 is 2.22 bits per heavy atom. The minimum Gasteiger partial charge on any atom is -0.313 e. The van der Waals surface area contributed by atoms with Crippen LogP contribution in [0.4, 0.5) is 4.39 Å². The molecular formula is C13H15FIN3. The Balaban J connectivity index is 2.21. The van der Waals surface area contributed by atoms with Crippen LogP contribution in [0.25, 0.3) is 5.69 Å². The molecule has 2 rings (SSSR count). The van der Waals surface area contributed by atoms with Gasteiger partial charge in [0.15, 0.2) is 0 Å². The largest absolute Gasteiger partial charge is 0.313 e. The van der Waals surface area contributed by atoms with Gasteiger partial charge >= 0.3 is 0 Å². The molecule has 5 heteroatoms. The van der Waals surface area contributed by atoms with E-state index in [-0.39, 0.29) is 5.82 Å². The van der Waals surface area contributed by atoms with E-state index < -0.39 is 0 Å². The van der Waals surface area contributed by atoms with Crippen molar-refractivity contribution in [1.82, 2.24) is 15.1 Å². The van der Waals surface area contributed by atoms with Crippen molar-refractivity contribution in [3.8, 4) is 5.69 Å². The van der Waals surface area contributed by atoms with E-state index in [1.54, 1.807) is 16.9 Å². The molecule has 0 spiro atoms. The molecule has 0 unspecified atom stereocenters. The van der Waals surface area contributed by atoms with Crippen LogP contribution in [0.2, 0.25) is 0 Å². The van der Waals surface area contributed by atoms with Crippen LogP contribution in [0.15, 0.2) is 30.6 Å². The highest BCUT2D eigenvalue weighted by molar-refractivity contribution is 14.1. The van der Waals surface area contributed by atoms with Gasteiger partial charge in [0.2, 0.25) is 0 Å². The third-order valence-corrected chi connectivity index (χ3v) is 3.07. The van der Waals surface area contributed by atoms with Gasteiger partial charge in [-0.25, -0.2) is 9.07 Å². The van der Waals surface area contributed by atoms with E-state index >= 15 is 0 Å². The molecule has 0 aliphatic rings. The van der Waals surface area contributed by atoms with Gasteiger partial charge in [-0.3, -0.25) is 0 Å². The highest BCUT2D eigenvalue weighted by atomic mass is 127. The van der Waals surface area contributed by atoms with Crippen molar-refractivity contribution in [2.45, 2.75) is 19.9 Å². The first-order chi connectivity index (χ1) is 8.69. The highest BCUT2D eigenvalue weighted by Gasteiger charge is 2.04. The van der Waals surface area contributed by atoms with Gasteiger partial charge in [-0.2, -0.15) is 5.10 Å². The van der Waals surface area contributed by atoms with Crippen molar-refractivity contribution >= 4 is 22.6 Å². The van der Waals surface area contributed by atoms with Crippen LogP contribution >= 0.6 is 22.6 Å². The molecule has 1 N–H and O–H groups in total. The zero-order valence-electron chi connectivity index (χ0n) is 10.2. The van der Waals surface area contributed by atoms with Crippen LogP contribution in [0.1, 0.15) is 18.9 Å². The number of halogens is 2. The summed E-state index contributed by atoms with van der Waals surface area (Å²) in [5.41, 5.74) is 1.69. The van der Waals surface area contributed by atoms with Crippen molar-refractivity contribution in [1.29, 1.82) is 0 Å². The fourth-order valence-corrected chi connectivity index (χ4v) is 2.11. The Hall–Kier alpha value is -0.950. The van der Waals surface area contributed by atoms with Crippen LogP contribution in [-0.2, 0) is 6.54 Å². The number of hydrogen-bond donors (Lipinski definition) is 1. The normalized spacial score (nSPS) is 10.8. The lowest BCUT2D eigenvalue weighted by Crippen LogP contribution is -2.14. The minimum absolute atomic E-state index is 0.230. The quantitative estimate of drug-likeness (QED) is 0.657. The van der Waals surface area contributed by atoms with E-state index in [1.165, 1.54) is 6.07 Å². The van der Waals surface area contributed by atoms with Crippen molar-refractivity contribution in [2.24, 2.45) is 0 Å². The third kappa shape index (κ3) is 3.52. The van der Waals surface area contributed by atoms with E-state index in [4.69, 9.17) is 0 Å². The van der Waals surface area contributed by atoms with Crippen LogP contribution in [0.3, 0.4) is 0 Å². The summed E-state index contributed by atoms with van der Waals surface area (Å²) in [7, 11) is 0. The zero-order chi connectivity index (χ0) is 13.0. The summed E-state index contributed by atoms with van der Waals surface area (Å²) < 4.78 is 16.3. The molecule has 1 aromatic carbocycles. The van der Waals surface area contributed by atoms with Gasteiger partial charge < -0.3 is 5.32 Å². The Morgan fingerprint density at radius 1 is 1.39 bits per heavy atom. The predicted molar refractivity (Wildman–Crippen MR) is 78.2 cm³/mol. The molecule has 18 heavy (non-hydrogen) atoms. The van der Waals surface area contributed by atoms with Crippen molar-refractivity contribution in [3.05, 3.63) is 45.5 Å². The monoisotopic (exact) mass is 359 g/mol. The van der Waals surface area contributed by atoms with E-state index in [9.17, 15) is 4.39 Å². The summed E-state index contributed by atoms with van der Waals surface area (Å²) in [5.74, 6) is -0.230. The molecule has 0 atom stereocenters. The van der Waals surface area contributed by atoms with Crippen LogP contribution in [0, 0.1) is 9.39 Å². The number of benzene rings is 1. The molecule has 0 aliphatic carbocycles. The second-order valence-electron chi connectivity index (χ2n) is 4.10. The molecule has 0 saturated heterocycles.